The van der Waals surface area contributed by atoms with Gasteiger partial charge in [-0.15, -0.1) is 0 Å². The van der Waals surface area contributed by atoms with Gasteiger partial charge in [0, 0.05) is 6.04 Å². The second-order valence-electron chi connectivity index (χ2n) is 6.81. The van der Waals surface area contributed by atoms with Gasteiger partial charge in [-0.25, -0.2) is 16.8 Å². The molecule has 0 rings (SSSR count). The molecule has 0 aromatic heterocycles. The number of unbranched alkanes of at least 4 members (excludes halogenated alkanes) is 8. The van der Waals surface area contributed by atoms with Crippen LogP contribution in [0.3, 0.4) is 0 Å². The van der Waals surface area contributed by atoms with E-state index in [0.29, 0.717) is 12.8 Å². The third-order valence-corrected chi connectivity index (χ3v) is 7.76. The summed E-state index contributed by atoms with van der Waals surface area (Å²) in [6.45, 7) is 4.29. The second-order valence-corrected chi connectivity index (χ2v) is 10.8. The molecular weight excluding hydrogens is 346 g/mol. The van der Waals surface area contributed by atoms with E-state index in [1.807, 2.05) is 0 Å². The summed E-state index contributed by atoms with van der Waals surface area (Å²) in [5, 5.41) is 0. The topological polar surface area (TPSA) is 71.5 Å². The SMILES string of the molecule is CCCCCCCC(CCCCCCC)N(S(C)(=O)=O)S(C)(=O)=O. The molecule has 0 aromatic carbocycles. The number of nitrogens with zero attached hydrogens (tertiary/aromatic N) is 1. The van der Waals surface area contributed by atoms with E-state index in [9.17, 15) is 16.8 Å². The zero-order chi connectivity index (χ0) is 18.6. The lowest BCUT2D eigenvalue weighted by molar-refractivity contribution is 0.363. The van der Waals surface area contributed by atoms with E-state index < -0.39 is 26.1 Å². The quantitative estimate of drug-likeness (QED) is 0.395. The van der Waals surface area contributed by atoms with Crippen LogP contribution in [-0.4, -0.2) is 39.1 Å². The Hall–Kier alpha value is -0.140. The minimum Gasteiger partial charge on any atom is -0.212 e. The van der Waals surface area contributed by atoms with Gasteiger partial charge >= 0.3 is 0 Å². The fourth-order valence-electron chi connectivity index (χ4n) is 3.11. The van der Waals surface area contributed by atoms with E-state index in [-0.39, 0.29) is 0 Å². The van der Waals surface area contributed by atoms with Crippen LogP contribution in [0.15, 0.2) is 0 Å². The molecule has 0 bridgehead atoms. The monoisotopic (exact) mass is 383 g/mol. The third-order valence-electron chi connectivity index (χ3n) is 4.23. The van der Waals surface area contributed by atoms with Gasteiger partial charge in [-0.05, 0) is 12.8 Å². The molecule has 0 saturated carbocycles. The average molecular weight is 384 g/mol. The third kappa shape index (κ3) is 10.7. The van der Waals surface area contributed by atoms with Crippen LogP contribution >= 0.6 is 0 Å². The van der Waals surface area contributed by atoms with E-state index in [1.165, 1.54) is 12.8 Å². The Morgan fingerprint density at radius 3 is 1.25 bits per heavy atom. The Kier molecular flexibility index (Phi) is 12.2. The fourth-order valence-corrected chi connectivity index (χ4v) is 6.58. The van der Waals surface area contributed by atoms with Crippen LogP contribution in [0.25, 0.3) is 0 Å². The highest BCUT2D eigenvalue weighted by molar-refractivity contribution is 8.03. The van der Waals surface area contributed by atoms with E-state index in [4.69, 9.17) is 0 Å². The van der Waals surface area contributed by atoms with Gasteiger partial charge in [-0.1, -0.05) is 81.8 Å². The summed E-state index contributed by atoms with van der Waals surface area (Å²) >= 11 is 0. The van der Waals surface area contributed by atoms with Gasteiger partial charge in [-0.3, -0.25) is 0 Å². The Bertz CT molecular complexity index is 469. The zero-order valence-electron chi connectivity index (χ0n) is 16.0. The molecule has 7 heteroatoms. The average Bonchev–Trinajstić information content (AvgIpc) is 2.43. The number of sulfonamides is 2. The Labute approximate surface area is 150 Å². The van der Waals surface area contributed by atoms with Crippen molar-refractivity contribution in [1.82, 2.24) is 3.71 Å². The largest absolute Gasteiger partial charge is 0.224 e. The first-order valence-electron chi connectivity index (χ1n) is 9.34. The first-order chi connectivity index (χ1) is 11.1. The lowest BCUT2D eigenvalue weighted by Crippen LogP contribution is -2.43. The van der Waals surface area contributed by atoms with Crippen molar-refractivity contribution in [1.29, 1.82) is 0 Å². The molecule has 0 spiro atoms. The maximum atomic E-state index is 12.0. The summed E-state index contributed by atoms with van der Waals surface area (Å²) < 4.78 is 48.9. The second kappa shape index (κ2) is 12.3. The van der Waals surface area contributed by atoms with Crippen LogP contribution in [-0.2, 0) is 20.0 Å². The summed E-state index contributed by atoms with van der Waals surface area (Å²) in [7, 11) is -7.54. The summed E-state index contributed by atoms with van der Waals surface area (Å²) in [5.41, 5.74) is 0. The molecule has 24 heavy (non-hydrogen) atoms. The van der Waals surface area contributed by atoms with Crippen molar-refractivity contribution < 1.29 is 16.8 Å². The highest BCUT2D eigenvalue weighted by atomic mass is 32.3. The molecule has 0 N–H and O–H groups in total. The molecule has 0 aromatic rings. The van der Waals surface area contributed by atoms with E-state index >= 15 is 0 Å². The molecule has 0 amide bonds. The van der Waals surface area contributed by atoms with Crippen LogP contribution in [0, 0.1) is 0 Å². The number of hydrogen-bond acceptors (Lipinski definition) is 4. The van der Waals surface area contributed by atoms with Crippen molar-refractivity contribution in [2.45, 2.75) is 96.9 Å². The lowest BCUT2D eigenvalue weighted by Gasteiger charge is -2.28. The van der Waals surface area contributed by atoms with Crippen molar-refractivity contribution in [3.8, 4) is 0 Å². The van der Waals surface area contributed by atoms with E-state index in [1.54, 1.807) is 0 Å². The normalized spacial score (nSPS) is 13.1. The maximum absolute atomic E-state index is 12.0. The van der Waals surface area contributed by atoms with Crippen LogP contribution in [0.4, 0.5) is 0 Å². The van der Waals surface area contributed by atoms with Crippen molar-refractivity contribution in [2.75, 3.05) is 12.5 Å². The Balaban J connectivity index is 4.86. The van der Waals surface area contributed by atoms with Crippen molar-refractivity contribution in [3.05, 3.63) is 0 Å². The van der Waals surface area contributed by atoms with Gasteiger partial charge < -0.3 is 0 Å². The van der Waals surface area contributed by atoms with Crippen molar-refractivity contribution >= 4 is 20.0 Å². The number of hydrogen-bond donors (Lipinski definition) is 0. The van der Waals surface area contributed by atoms with Crippen LogP contribution < -0.4 is 0 Å². The molecule has 146 valence electrons. The predicted molar refractivity (Wildman–Crippen MR) is 102 cm³/mol. The van der Waals surface area contributed by atoms with Crippen molar-refractivity contribution in [2.24, 2.45) is 0 Å². The minimum atomic E-state index is -3.77. The first kappa shape index (κ1) is 23.9. The van der Waals surface area contributed by atoms with Gasteiger partial charge in [-0.2, -0.15) is 0 Å². The van der Waals surface area contributed by atoms with Gasteiger partial charge in [0.05, 0.1) is 12.5 Å². The molecule has 0 aliphatic carbocycles. The molecule has 0 atom stereocenters. The molecule has 0 radical (unpaired) electrons. The van der Waals surface area contributed by atoms with Gasteiger partial charge in [0.25, 0.3) is 0 Å². The minimum absolute atomic E-state index is 0.432. The Morgan fingerprint density at radius 2 is 0.958 bits per heavy atom. The van der Waals surface area contributed by atoms with E-state index in [2.05, 4.69) is 13.8 Å². The number of rotatable bonds is 15. The Morgan fingerprint density at radius 1 is 0.625 bits per heavy atom. The van der Waals surface area contributed by atoms with Gasteiger partial charge in [0.15, 0.2) is 0 Å². The molecule has 0 heterocycles. The van der Waals surface area contributed by atoms with Crippen molar-refractivity contribution in [3.63, 3.8) is 0 Å². The zero-order valence-corrected chi connectivity index (χ0v) is 17.6. The molecule has 0 aliphatic heterocycles. The van der Waals surface area contributed by atoms with E-state index in [0.717, 1.165) is 67.6 Å². The predicted octanol–water partition coefficient (Wildman–Crippen LogP) is 4.30. The highest BCUT2D eigenvalue weighted by Crippen LogP contribution is 2.23. The van der Waals surface area contributed by atoms with Crippen LogP contribution in [0.5, 0.6) is 0 Å². The fraction of sp³-hybridized carbons (Fsp3) is 1.00. The molecule has 0 fully saturated rings. The summed E-state index contributed by atoms with van der Waals surface area (Å²) in [5.74, 6) is 0. The van der Waals surface area contributed by atoms with Crippen LogP contribution in [0.2, 0.25) is 0 Å². The highest BCUT2D eigenvalue weighted by Gasteiger charge is 2.34. The standard InChI is InChI=1S/C17H37NO4S2/c1-5-7-9-11-13-15-17(16-14-12-10-8-6-2)18(23(3,19)20)24(4,21)22/h17H,5-16H2,1-4H3. The maximum Gasteiger partial charge on any atom is 0.224 e. The first-order valence-corrected chi connectivity index (χ1v) is 13.0. The molecule has 0 aliphatic rings. The van der Waals surface area contributed by atoms with Crippen LogP contribution in [0.1, 0.15) is 90.9 Å². The van der Waals surface area contributed by atoms with Gasteiger partial charge in [0.1, 0.15) is 0 Å². The smallest absolute Gasteiger partial charge is 0.212 e. The molecular formula is C17H37NO4S2. The summed E-state index contributed by atoms with van der Waals surface area (Å²) in [6.07, 6.45) is 13.9. The molecule has 0 unspecified atom stereocenters. The lowest BCUT2D eigenvalue weighted by atomic mass is 10.0. The molecule has 5 nitrogen and oxygen atoms in total. The molecule has 0 saturated heterocycles. The van der Waals surface area contributed by atoms with Gasteiger partial charge in [0.2, 0.25) is 20.0 Å². The summed E-state index contributed by atoms with van der Waals surface area (Å²) in [4.78, 5) is 0. The summed E-state index contributed by atoms with van der Waals surface area (Å²) in [6, 6.07) is -0.432.